The first-order chi connectivity index (χ1) is 16.8. The van der Waals surface area contributed by atoms with Crippen molar-refractivity contribution in [3.8, 4) is 0 Å². The quantitative estimate of drug-likeness (QED) is 0.201. The van der Waals surface area contributed by atoms with E-state index in [9.17, 15) is 4.79 Å². The first kappa shape index (κ1) is 34.6. The molecular weight excluding hydrogens is 603 g/mol. The van der Waals surface area contributed by atoms with Gasteiger partial charge in [0.05, 0.1) is 0 Å². The van der Waals surface area contributed by atoms with Crippen molar-refractivity contribution in [2.24, 2.45) is 0 Å². The fourth-order valence-electron chi connectivity index (χ4n) is 2.89. The van der Waals surface area contributed by atoms with E-state index in [0.29, 0.717) is 17.2 Å². The molecule has 2 aromatic rings. The van der Waals surface area contributed by atoms with E-state index in [-0.39, 0.29) is 10.1 Å². The lowest BCUT2D eigenvalue weighted by atomic mass is 10.1. The summed E-state index contributed by atoms with van der Waals surface area (Å²) in [6.07, 6.45) is 2.52. The fraction of sp³-hybridized carbons (Fsp3) is 0.552. The number of halogens is 3. The Labute approximate surface area is 246 Å². The predicted molar refractivity (Wildman–Crippen MR) is 170 cm³/mol. The highest BCUT2D eigenvalue weighted by Crippen LogP contribution is 2.37. The van der Waals surface area contributed by atoms with Gasteiger partial charge in [-0.25, -0.2) is 0 Å². The van der Waals surface area contributed by atoms with Crippen LogP contribution in [-0.4, -0.2) is 36.1 Å². The molecule has 0 saturated carbocycles. The van der Waals surface area contributed by atoms with Crippen molar-refractivity contribution in [1.29, 1.82) is 0 Å². The maximum absolute atomic E-state index is 11.0. The van der Waals surface area contributed by atoms with E-state index in [2.05, 4.69) is 89.7 Å². The minimum absolute atomic E-state index is 0.209. The molecule has 0 aliphatic carbocycles. The van der Waals surface area contributed by atoms with Gasteiger partial charge in [-0.2, -0.15) is 0 Å². The van der Waals surface area contributed by atoms with Crippen molar-refractivity contribution >= 4 is 62.1 Å². The topological polar surface area (TPSA) is 35.5 Å². The third-order valence-electron chi connectivity index (χ3n) is 7.53. The number of aldehydes is 1. The molecule has 3 nitrogen and oxygen atoms in total. The lowest BCUT2D eigenvalue weighted by molar-refractivity contribution is 0.112. The van der Waals surface area contributed by atoms with Gasteiger partial charge in [0, 0.05) is 33.3 Å². The van der Waals surface area contributed by atoms with Crippen LogP contribution in [0.4, 0.5) is 0 Å². The molecule has 0 aliphatic rings. The van der Waals surface area contributed by atoms with Gasteiger partial charge >= 0.3 is 0 Å². The number of carbonyl (C=O) groups is 1. The highest BCUT2D eigenvalue weighted by molar-refractivity contribution is 9.10. The maximum Gasteiger partial charge on any atom is 0.191 e. The molecule has 37 heavy (non-hydrogen) atoms. The Hall–Kier alpha value is -0.476. The van der Waals surface area contributed by atoms with Gasteiger partial charge in [-0.3, -0.25) is 4.79 Å². The Bertz CT molecular complexity index is 1030. The van der Waals surface area contributed by atoms with Crippen LogP contribution in [0.2, 0.25) is 46.3 Å². The zero-order valence-electron chi connectivity index (χ0n) is 24.2. The Morgan fingerprint density at radius 2 is 1.16 bits per heavy atom. The second-order valence-corrected chi connectivity index (χ2v) is 23.8. The second-order valence-electron chi connectivity index (χ2n) is 12.4. The van der Waals surface area contributed by atoms with Crippen LogP contribution in [0.25, 0.3) is 0 Å². The first-order valence-corrected chi connectivity index (χ1v) is 20.1. The van der Waals surface area contributed by atoms with Gasteiger partial charge in [0.15, 0.2) is 16.6 Å². The number of carbonyl (C=O) groups excluding carboxylic acids is 1. The summed E-state index contributed by atoms with van der Waals surface area (Å²) in [5, 5.41) is 1.83. The standard InChI is InChI=1S/C15H23ClO2Si.C14H22BrClOSi/c1-15(2,3)19(4,5)18-9-8-12-6-7-14(16)10-13(12)11-17;1-14(2,3)18(4,5)17-9-8-11-6-7-12(16)10-13(11)15/h6-7,10-11H,8-9H2,1-5H3;6-7,10H,8-9H2,1-5H3. The molecule has 0 unspecified atom stereocenters. The van der Waals surface area contributed by atoms with Gasteiger partial charge in [-0.1, -0.05) is 92.8 Å². The predicted octanol–water partition coefficient (Wildman–Crippen LogP) is 10.4. The number of rotatable bonds is 9. The SMILES string of the molecule is CC(C)(C)[Si](C)(C)OCCc1ccc(Cl)cc1Br.CC(C)(C)[Si](C)(C)OCCc1ccc(Cl)cc1C=O. The van der Waals surface area contributed by atoms with E-state index < -0.39 is 16.6 Å². The molecule has 0 bridgehead atoms. The van der Waals surface area contributed by atoms with Crippen LogP contribution in [0.5, 0.6) is 0 Å². The molecule has 0 aliphatic heterocycles. The maximum atomic E-state index is 11.0. The number of benzene rings is 2. The van der Waals surface area contributed by atoms with Gasteiger partial charge in [0.25, 0.3) is 0 Å². The third kappa shape index (κ3) is 11.3. The van der Waals surface area contributed by atoms with Crippen LogP contribution < -0.4 is 0 Å². The van der Waals surface area contributed by atoms with Gasteiger partial charge in [-0.05, 0) is 84.5 Å². The minimum Gasteiger partial charge on any atom is -0.416 e. The average Bonchev–Trinajstić information content (AvgIpc) is 2.75. The van der Waals surface area contributed by atoms with E-state index in [4.69, 9.17) is 32.1 Å². The van der Waals surface area contributed by atoms with Crippen molar-refractivity contribution in [2.75, 3.05) is 13.2 Å². The molecule has 2 aromatic carbocycles. The van der Waals surface area contributed by atoms with Crippen LogP contribution in [0, 0.1) is 0 Å². The summed E-state index contributed by atoms with van der Waals surface area (Å²) in [6, 6.07) is 11.3. The third-order valence-corrected chi connectivity index (χ3v) is 17.8. The molecular formula is C29H45BrCl2O3Si2. The smallest absolute Gasteiger partial charge is 0.191 e. The molecule has 0 radical (unpaired) electrons. The number of hydrogen-bond donors (Lipinski definition) is 0. The van der Waals surface area contributed by atoms with Gasteiger partial charge in [-0.15, -0.1) is 0 Å². The highest BCUT2D eigenvalue weighted by Gasteiger charge is 2.37. The van der Waals surface area contributed by atoms with Crippen LogP contribution in [-0.2, 0) is 21.7 Å². The van der Waals surface area contributed by atoms with Gasteiger partial charge < -0.3 is 8.85 Å². The Balaban J connectivity index is 0.000000371. The molecule has 2 rings (SSSR count). The molecule has 0 amide bonds. The summed E-state index contributed by atoms with van der Waals surface area (Å²) in [5.41, 5.74) is 2.91. The van der Waals surface area contributed by atoms with Gasteiger partial charge in [0.1, 0.15) is 6.29 Å². The van der Waals surface area contributed by atoms with Crippen LogP contribution in [0.1, 0.15) is 63.0 Å². The van der Waals surface area contributed by atoms with Crippen molar-refractivity contribution in [3.63, 3.8) is 0 Å². The van der Waals surface area contributed by atoms with E-state index in [1.165, 1.54) is 5.56 Å². The molecule has 0 aromatic heterocycles. The molecule has 0 N–H and O–H groups in total. The zero-order valence-corrected chi connectivity index (χ0v) is 29.3. The normalized spacial score (nSPS) is 12.7. The zero-order chi connectivity index (χ0) is 28.7. The summed E-state index contributed by atoms with van der Waals surface area (Å²) in [4.78, 5) is 11.0. The van der Waals surface area contributed by atoms with Crippen molar-refractivity contribution < 1.29 is 13.6 Å². The van der Waals surface area contributed by atoms with Crippen molar-refractivity contribution in [2.45, 2.75) is 90.6 Å². The van der Waals surface area contributed by atoms with E-state index in [0.717, 1.165) is 40.8 Å². The first-order valence-electron chi connectivity index (χ1n) is 12.8. The molecule has 8 heteroatoms. The molecule has 0 saturated heterocycles. The monoisotopic (exact) mass is 646 g/mol. The molecule has 208 valence electrons. The minimum atomic E-state index is -1.71. The summed E-state index contributed by atoms with van der Waals surface area (Å²) < 4.78 is 13.3. The lowest BCUT2D eigenvalue weighted by Gasteiger charge is -2.36. The van der Waals surface area contributed by atoms with E-state index >= 15 is 0 Å². The Morgan fingerprint density at radius 1 is 0.757 bits per heavy atom. The molecule has 0 spiro atoms. The fourth-order valence-corrected chi connectivity index (χ4v) is 6.05. The number of hydrogen-bond acceptors (Lipinski definition) is 3. The second kappa shape index (κ2) is 14.2. The average molecular weight is 649 g/mol. The molecule has 0 atom stereocenters. The van der Waals surface area contributed by atoms with Crippen molar-refractivity contribution in [1.82, 2.24) is 0 Å². The highest BCUT2D eigenvalue weighted by atomic mass is 79.9. The summed E-state index contributed by atoms with van der Waals surface area (Å²) in [6.45, 7) is 23.9. The Morgan fingerprint density at radius 3 is 1.57 bits per heavy atom. The molecule has 0 fully saturated rings. The lowest BCUT2D eigenvalue weighted by Crippen LogP contribution is -2.41. The Kier molecular flexibility index (Phi) is 13.3. The van der Waals surface area contributed by atoms with E-state index in [1.807, 2.05) is 24.3 Å². The largest absolute Gasteiger partial charge is 0.416 e. The summed E-state index contributed by atoms with van der Waals surface area (Å²) >= 11 is 15.3. The molecule has 0 heterocycles. The van der Waals surface area contributed by atoms with E-state index in [1.54, 1.807) is 6.07 Å². The summed E-state index contributed by atoms with van der Waals surface area (Å²) in [7, 11) is -3.34. The van der Waals surface area contributed by atoms with Crippen molar-refractivity contribution in [3.05, 3.63) is 67.6 Å². The van der Waals surface area contributed by atoms with Crippen LogP contribution in [0.3, 0.4) is 0 Å². The van der Waals surface area contributed by atoms with Crippen LogP contribution >= 0.6 is 39.1 Å². The van der Waals surface area contributed by atoms with Crippen LogP contribution in [0.15, 0.2) is 40.9 Å². The van der Waals surface area contributed by atoms with Gasteiger partial charge in [0.2, 0.25) is 0 Å². The summed E-state index contributed by atoms with van der Waals surface area (Å²) in [5.74, 6) is 0.